The fourth-order valence-corrected chi connectivity index (χ4v) is 1.64. The average Bonchev–Trinajstić information content (AvgIpc) is 2.29. The monoisotopic (exact) mass is 304 g/mol. The predicted octanol–water partition coefficient (Wildman–Crippen LogP) is 2.87. The number of halogens is 2. The van der Waals surface area contributed by atoms with E-state index in [0.29, 0.717) is 15.1 Å². The van der Waals surface area contributed by atoms with Crippen molar-refractivity contribution < 1.29 is 14.6 Å². The largest absolute Gasteiger partial charge is 0.466 e. The van der Waals surface area contributed by atoms with Gasteiger partial charge >= 0.3 is 5.97 Å². The minimum Gasteiger partial charge on any atom is -0.466 e. The number of hydrogen-bond acceptors (Lipinski definition) is 3. The topological polar surface area (TPSA) is 46.5 Å². The quantitative estimate of drug-likeness (QED) is 0.690. The first-order chi connectivity index (χ1) is 7.47. The van der Waals surface area contributed by atoms with Crippen LogP contribution in [0.2, 0.25) is 5.02 Å². The van der Waals surface area contributed by atoms with Crippen molar-refractivity contribution >= 4 is 33.5 Å². The molecule has 1 unspecified atom stereocenters. The number of methoxy groups -OCH3 is 1. The first-order valence-electron chi connectivity index (χ1n) is 4.37. The van der Waals surface area contributed by atoms with E-state index >= 15 is 0 Å². The fraction of sp³-hybridized carbons (Fsp3) is 0.182. The molecule has 0 heterocycles. The standard InChI is InChI=1S/C11H10BrClO3/c1-6(11(15)16-2)10(14)7-3-4-9(13)8(12)5-7/h3-5,10,14H,1H2,2H3. The summed E-state index contributed by atoms with van der Waals surface area (Å²) in [5.74, 6) is -0.640. The van der Waals surface area contributed by atoms with E-state index in [1.54, 1.807) is 18.2 Å². The van der Waals surface area contributed by atoms with Crippen LogP contribution in [-0.4, -0.2) is 18.2 Å². The molecule has 0 bridgehead atoms. The van der Waals surface area contributed by atoms with Gasteiger partial charge in [-0.25, -0.2) is 4.79 Å². The summed E-state index contributed by atoms with van der Waals surface area (Å²) in [6, 6.07) is 4.86. The second-order valence-electron chi connectivity index (χ2n) is 3.09. The first-order valence-corrected chi connectivity index (χ1v) is 5.54. The highest BCUT2D eigenvalue weighted by atomic mass is 79.9. The summed E-state index contributed by atoms with van der Waals surface area (Å²) in [4.78, 5) is 11.2. The van der Waals surface area contributed by atoms with Crippen LogP contribution in [0.3, 0.4) is 0 Å². The Morgan fingerprint density at radius 3 is 2.75 bits per heavy atom. The number of aliphatic hydroxyl groups is 1. The molecule has 16 heavy (non-hydrogen) atoms. The van der Waals surface area contributed by atoms with Crippen molar-refractivity contribution in [2.24, 2.45) is 0 Å². The highest BCUT2D eigenvalue weighted by molar-refractivity contribution is 9.10. The molecule has 0 amide bonds. The maximum atomic E-state index is 11.2. The third kappa shape index (κ3) is 2.84. The lowest BCUT2D eigenvalue weighted by Gasteiger charge is -2.12. The highest BCUT2D eigenvalue weighted by Crippen LogP contribution is 2.28. The Bertz CT molecular complexity index is 431. The van der Waals surface area contributed by atoms with Crippen molar-refractivity contribution in [1.82, 2.24) is 0 Å². The van der Waals surface area contributed by atoms with Gasteiger partial charge in [-0.3, -0.25) is 0 Å². The van der Waals surface area contributed by atoms with Crippen LogP contribution in [0.4, 0.5) is 0 Å². The SMILES string of the molecule is C=C(C(=O)OC)C(O)c1ccc(Cl)c(Br)c1. The minimum absolute atomic E-state index is 0.0169. The zero-order valence-electron chi connectivity index (χ0n) is 8.54. The van der Waals surface area contributed by atoms with E-state index in [0.717, 1.165) is 0 Å². The third-order valence-electron chi connectivity index (χ3n) is 2.04. The molecule has 0 radical (unpaired) electrons. The molecular formula is C11H10BrClO3. The Labute approximate surface area is 107 Å². The maximum absolute atomic E-state index is 11.2. The summed E-state index contributed by atoms with van der Waals surface area (Å²) >= 11 is 9.04. The number of hydrogen-bond donors (Lipinski definition) is 1. The molecule has 0 aliphatic heterocycles. The summed E-state index contributed by atoms with van der Waals surface area (Å²) in [5.41, 5.74) is 0.503. The first kappa shape index (κ1) is 13.2. The van der Waals surface area contributed by atoms with Crippen molar-refractivity contribution in [1.29, 1.82) is 0 Å². The van der Waals surface area contributed by atoms with Crippen LogP contribution in [0.15, 0.2) is 34.8 Å². The summed E-state index contributed by atoms with van der Waals surface area (Å²) in [6.45, 7) is 3.48. The molecule has 1 rings (SSSR count). The van der Waals surface area contributed by atoms with Gasteiger partial charge in [0.05, 0.1) is 17.7 Å². The lowest BCUT2D eigenvalue weighted by Crippen LogP contribution is -2.11. The molecule has 1 N–H and O–H groups in total. The van der Waals surface area contributed by atoms with Crippen molar-refractivity contribution in [3.05, 3.63) is 45.4 Å². The van der Waals surface area contributed by atoms with Crippen LogP contribution in [0, 0.1) is 0 Å². The van der Waals surface area contributed by atoms with Gasteiger partial charge in [0.15, 0.2) is 0 Å². The number of benzene rings is 1. The van der Waals surface area contributed by atoms with Gasteiger partial charge in [-0.05, 0) is 33.6 Å². The van der Waals surface area contributed by atoms with E-state index < -0.39 is 12.1 Å². The lowest BCUT2D eigenvalue weighted by molar-refractivity contribution is -0.137. The van der Waals surface area contributed by atoms with Crippen LogP contribution in [-0.2, 0) is 9.53 Å². The minimum atomic E-state index is -1.10. The molecule has 3 nitrogen and oxygen atoms in total. The normalized spacial score (nSPS) is 12.0. The molecule has 0 saturated heterocycles. The van der Waals surface area contributed by atoms with Gasteiger partial charge in [0.25, 0.3) is 0 Å². The molecule has 86 valence electrons. The van der Waals surface area contributed by atoms with E-state index in [1.165, 1.54) is 7.11 Å². The Hall–Kier alpha value is -0.840. The van der Waals surface area contributed by atoms with Gasteiger partial charge in [0, 0.05) is 4.47 Å². The van der Waals surface area contributed by atoms with Crippen molar-refractivity contribution in [2.45, 2.75) is 6.10 Å². The van der Waals surface area contributed by atoms with E-state index in [-0.39, 0.29) is 5.57 Å². The number of rotatable bonds is 3. The van der Waals surface area contributed by atoms with E-state index in [4.69, 9.17) is 11.6 Å². The molecule has 0 spiro atoms. The van der Waals surface area contributed by atoms with Crippen LogP contribution in [0.25, 0.3) is 0 Å². The van der Waals surface area contributed by atoms with Crippen LogP contribution in [0.1, 0.15) is 11.7 Å². The maximum Gasteiger partial charge on any atom is 0.336 e. The van der Waals surface area contributed by atoms with Crippen LogP contribution >= 0.6 is 27.5 Å². The zero-order chi connectivity index (χ0) is 12.3. The molecular weight excluding hydrogens is 295 g/mol. The lowest BCUT2D eigenvalue weighted by atomic mass is 10.0. The molecule has 5 heteroatoms. The van der Waals surface area contributed by atoms with Gasteiger partial charge in [-0.2, -0.15) is 0 Å². The van der Waals surface area contributed by atoms with Crippen molar-refractivity contribution in [3.8, 4) is 0 Å². The van der Waals surface area contributed by atoms with Gasteiger partial charge in [0.1, 0.15) is 6.10 Å². The van der Waals surface area contributed by atoms with E-state index in [2.05, 4.69) is 27.2 Å². The molecule has 0 aliphatic carbocycles. The second-order valence-corrected chi connectivity index (χ2v) is 4.35. The summed E-state index contributed by atoms with van der Waals surface area (Å²) in [6.07, 6.45) is -1.10. The molecule has 0 saturated carbocycles. The Balaban J connectivity index is 2.96. The predicted molar refractivity (Wildman–Crippen MR) is 65.3 cm³/mol. The number of ether oxygens (including phenoxy) is 1. The van der Waals surface area contributed by atoms with Gasteiger partial charge < -0.3 is 9.84 Å². The number of carbonyl (C=O) groups is 1. The highest BCUT2D eigenvalue weighted by Gasteiger charge is 2.19. The zero-order valence-corrected chi connectivity index (χ0v) is 10.9. The van der Waals surface area contributed by atoms with Gasteiger partial charge in [0.2, 0.25) is 0 Å². The molecule has 0 aromatic heterocycles. The number of esters is 1. The van der Waals surface area contributed by atoms with E-state index in [1.807, 2.05) is 0 Å². The van der Waals surface area contributed by atoms with Gasteiger partial charge in [-0.1, -0.05) is 24.2 Å². The Morgan fingerprint density at radius 1 is 1.62 bits per heavy atom. The molecule has 1 aromatic carbocycles. The van der Waals surface area contributed by atoms with Gasteiger partial charge in [-0.15, -0.1) is 0 Å². The second kappa shape index (κ2) is 5.48. The molecule has 1 atom stereocenters. The fourth-order valence-electron chi connectivity index (χ4n) is 1.13. The molecule has 1 aromatic rings. The van der Waals surface area contributed by atoms with Crippen LogP contribution in [0.5, 0.6) is 0 Å². The Kier molecular flexibility index (Phi) is 4.53. The summed E-state index contributed by atoms with van der Waals surface area (Å²) < 4.78 is 5.11. The molecule has 0 aliphatic rings. The van der Waals surface area contributed by atoms with Crippen LogP contribution < -0.4 is 0 Å². The summed E-state index contributed by atoms with van der Waals surface area (Å²) in [7, 11) is 1.23. The summed E-state index contributed by atoms with van der Waals surface area (Å²) in [5, 5.41) is 10.4. The number of aliphatic hydroxyl groups excluding tert-OH is 1. The van der Waals surface area contributed by atoms with Crippen molar-refractivity contribution in [3.63, 3.8) is 0 Å². The van der Waals surface area contributed by atoms with Crippen molar-refractivity contribution in [2.75, 3.05) is 7.11 Å². The number of carbonyl (C=O) groups excluding carboxylic acids is 1. The van der Waals surface area contributed by atoms with E-state index in [9.17, 15) is 9.90 Å². The average molecular weight is 306 g/mol. The Morgan fingerprint density at radius 2 is 2.25 bits per heavy atom. The molecule has 0 fully saturated rings. The third-order valence-corrected chi connectivity index (χ3v) is 3.25. The smallest absolute Gasteiger partial charge is 0.336 e.